The Labute approximate surface area is 882 Å². The number of aliphatic imine (C=N–C) groups is 5. The molecular weight excluding hydrogens is 1970 g/mol. The molecule has 2 aliphatic carbocycles. The van der Waals surface area contributed by atoms with Gasteiger partial charge in [0.25, 0.3) is 35.4 Å². The summed E-state index contributed by atoms with van der Waals surface area (Å²) in [5.74, 6) is 1.36. The summed E-state index contributed by atoms with van der Waals surface area (Å²) >= 11 is 9.62. The van der Waals surface area contributed by atoms with Gasteiger partial charge in [-0.1, -0.05) is 229 Å². The van der Waals surface area contributed by atoms with E-state index >= 15 is 0 Å². The highest BCUT2D eigenvalue weighted by molar-refractivity contribution is 9.10. The van der Waals surface area contributed by atoms with Crippen LogP contribution in [-0.4, -0.2) is 206 Å². The summed E-state index contributed by atoms with van der Waals surface area (Å²) in [6.45, 7) is 16.5. The first-order valence-electron chi connectivity index (χ1n) is 50.2. The zero-order valence-electron chi connectivity index (χ0n) is 85.8. The number of amides is 11. The Morgan fingerprint density at radius 2 is 1.11 bits per heavy atom. The van der Waals surface area contributed by atoms with Crippen molar-refractivity contribution in [2.24, 2.45) is 65.7 Å². The number of likely N-dealkylation sites (tertiary alicyclic amines) is 2. The Morgan fingerprint density at radius 1 is 0.530 bits per heavy atom. The number of nitrogens with two attached hydrogens (primary N) is 4. The normalized spacial score (nSPS) is 21.4. The molecule has 4 fully saturated rings. The van der Waals surface area contributed by atoms with E-state index in [0.717, 1.165) is 117 Å². The summed E-state index contributed by atoms with van der Waals surface area (Å²) in [6.07, 6.45) is 13.0. The molecule has 11 amide bonds. The van der Waals surface area contributed by atoms with Crippen LogP contribution >= 0.6 is 27.5 Å². The highest BCUT2D eigenvalue weighted by Crippen LogP contribution is 2.53. The van der Waals surface area contributed by atoms with E-state index in [2.05, 4.69) is 52.9 Å². The maximum atomic E-state index is 13.7. The SMILES string of the molecule is CC1(c2cccc(Br)c2)N=C(N)N(CC2CC(=O)N(Cc3ccccc3)C2)C1=O.CCN(C(C)=O)C(C)c1cccc(C2(c3ccccc3)N=C(NC(C)=O)N(C)C2=O)c1.CN1C(=O)C(c2cccc(-c3cccc(Cl)c3)c2)(C2CCCCC2)N=C1N.COC[C@H]1CCCN1C(=O)c1cncc(CN2C(=O)C(c3ccccc3)(C3CC3)N=C2N)c1.COc1ccc(NC(=O)NCc2ccc(CN3C(=O)C(C)(C)N=C3N)cc2)cc1. The molecule has 2 saturated heterocycles. The topological polar surface area (TPSA) is 430 Å². The number of rotatable bonds is 26. The van der Waals surface area contributed by atoms with E-state index in [9.17, 15) is 47.9 Å². The van der Waals surface area contributed by atoms with Crippen LogP contribution in [-0.2, 0) is 91.4 Å². The maximum Gasteiger partial charge on any atom is 0.319 e. The van der Waals surface area contributed by atoms with E-state index in [1.807, 2.05) is 230 Å². The quantitative estimate of drug-likeness (QED) is 0.0265. The van der Waals surface area contributed by atoms with Crippen LogP contribution in [0.4, 0.5) is 10.5 Å². The Hall–Kier alpha value is -15.3. The lowest BCUT2D eigenvalue weighted by Gasteiger charge is -2.36. The molecule has 8 heterocycles. The van der Waals surface area contributed by atoms with Gasteiger partial charge in [0, 0.05) is 114 Å². The number of guanidine groups is 5. The van der Waals surface area contributed by atoms with Crippen molar-refractivity contribution in [1.29, 1.82) is 0 Å². The smallest absolute Gasteiger partial charge is 0.319 e. The van der Waals surface area contributed by atoms with Crippen molar-refractivity contribution in [1.82, 2.24) is 54.8 Å². The highest BCUT2D eigenvalue weighted by atomic mass is 79.9. The molecule has 0 spiro atoms. The van der Waals surface area contributed by atoms with Gasteiger partial charge in [-0.3, -0.25) is 78.0 Å². The van der Waals surface area contributed by atoms with Crippen molar-refractivity contribution in [2.45, 2.75) is 179 Å². The second-order valence-electron chi connectivity index (χ2n) is 39.4. The van der Waals surface area contributed by atoms with Crippen LogP contribution in [0, 0.1) is 17.8 Å². The molecule has 1 aromatic heterocycles. The largest absolute Gasteiger partial charge is 0.497 e. The molecule has 19 rings (SSSR count). The molecule has 35 heteroatoms. The second kappa shape index (κ2) is 46.8. The average molecular weight is 2100 g/mol. The lowest BCUT2D eigenvalue weighted by atomic mass is 9.70. The third-order valence-corrected chi connectivity index (χ3v) is 29.5. The van der Waals surface area contributed by atoms with Crippen LogP contribution in [0.5, 0.6) is 5.75 Å². The van der Waals surface area contributed by atoms with Crippen LogP contribution in [0.1, 0.15) is 185 Å². The van der Waals surface area contributed by atoms with E-state index in [0.29, 0.717) is 92.2 Å². The minimum absolute atomic E-state index is 0.0131. The maximum absolute atomic E-state index is 13.7. The van der Waals surface area contributed by atoms with Crippen molar-refractivity contribution in [3.05, 3.63) is 326 Å². The number of likely N-dealkylation sites (N-methyl/N-ethyl adjacent to an activating group) is 2. The molecule has 0 bridgehead atoms. The molecule has 2 saturated carbocycles. The van der Waals surface area contributed by atoms with Gasteiger partial charge >= 0.3 is 6.03 Å². The van der Waals surface area contributed by atoms with Crippen molar-refractivity contribution >= 4 is 122 Å². The third-order valence-electron chi connectivity index (χ3n) is 28.7. The van der Waals surface area contributed by atoms with Crippen molar-refractivity contribution < 1.29 is 57.4 Å². The number of urea groups is 1. The lowest BCUT2D eigenvalue weighted by Crippen LogP contribution is -2.45. The molecule has 149 heavy (non-hydrogen) atoms. The van der Waals surface area contributed by atoms with Gasteiger partial charge in [0.2, 0.25) is 23.7 Å². The molecule has 776 valence electrons. The zero-order chi connectivity index (χ0) is 106. The van der Waals surface area contributed by atoms with Crippen LogP contribution in [0.25, 0.3) is 11.1 Å². The van der Waals surface area contributed by atoms with Gasteiger partial charge in [-0.2, -0.15) is 0 Å². The number of methoxy groups -OCH3 is 2. The van der Waals surface area contributed by atoms with Gasteiger partial charge in [0.05, 0.1) is 44.5 Å². The average Bonchev–Trinajstić information content (AvgIpc) is 1.55. The number of halogens is 2. The molecule has 9 aromatic carbocycles. The van der Waals surface area contributed by atoms with Crippen LogP contribution < -0.4 is 43.6 Å². The van der Waals surface area contributed by atoms with E-state index in [1.54, 1.807) is 104 Å². The molecule has 9 aliphatic rings. The van der Waals surface area contributed by atoms with Gasteiger partial charge in [0.15, 0.2) is 46.0 Å². The standard InChI is InChI=1S/C25H29N5O3.C24H28N4O3.C22H23BrN4O2.C22H24ClN3O.C21H25N5O3/c1-33-16-21-8-5-11-29(21)22(31)18-12-17(13-27-14-18)15-30-23(32)25(20-9-10-20,28-24(30)26)19-6-3-2-4-7-19;1-6-28(18(4)30)16(2)19-11-10-14-21(15-19)24(20-12-8-7-9-13-20)22(31)27(5)23(26-24)25-17(3)29;1-22(17-8-5-9-18(23)11-17)20(29)27(21(24)25-22)14-16-10-19(28)26(13-16)12-15-6-3-2-4-7-15;1-26-20(27)22(25-21(26)24,17-9-3-2-4-10-17)18-11-5-7-15(13-18)16-8-6-12-19(23)14-16;1-21(2)18(27)26(19(22)25-21)13-15-6-4-14(5-7-15)12-23-20(28)24-16-8-10-17(29-3)11-9-16/h2-4,6-7,12-14,20-21H,5,8-11,15-16H2,1H3,(H2,26,28);7-16H,6H2,1-5H3,(H,25,26,29);2-9,11,16H,10,12-14H2,1H3,(H2,24,25);5-8,11-14,17H,2-4,9-10H2,1H3,(H2,24,25);4-11H,12-13H2,1-3H3,(H2,22,25)(H2,23,24,28)/t21-,25?;;;;/m1..../s1. The fourth-order valence-electron chi connectivity index (χ4n) is 20.7. The molecule has 11 N–H and O–H groups in total. The number of benzene rings is 9. The van der Waals surface area contributed by atoms with Crippen molar-refractivity contribution in [3.8, 4) is 16.9 Å². The fourth-order valence-corrected chi connectivity index (χ4v) is 21.3. The fraction of sp³-hybridized carbons (Fsp3) is 0.351. The van der Waals surface area contributed by atoms with E-state index in [1.165, 1.54) is 37.8 Å². The molecule has 10 aromatic rings. The van der Waals surface area contributed by atoms with Gasteiger partial charge in [-0.25, -0.2) is 29.8 Å². The number of pyridine rings is 1. The summed E-state index contributed by atoms with van der Waals surface area (Å²) in [7, 11) is 6.56. The number of carbonyl (C=O) groups is 10. The van der Waals surface area contributed by atoms with Crippen molar-refractivity contribution in [2.75, 3.05) is 66.4 Å². The predicted molar refractivity (Wildman–Crippen MR) is 578 cm³/mol. The Balaban J connectivity index is 0.000000140. The van der Waals surface area contributed by atoms with E-state index < -0.39 is 27.7 Å². The third kappa shape index (κ3) is 23.8. The summed E-state index contributed by atoms with van der Waals surface area (Å²) in [6, 6.07) is 76.1. The number of nitrogens with zero attached hydrogens (tertiary/aromatic N) is 14. The number of ether oxygens (including phenoxy) is 2. The van der Waals surface area contributed by atoms with Crippen LogP contribution in [0.2, 0.25) is 5.02 Å². The molecule has 33 nitrogen and oxygen atoms in total. The lowest BCUT2D eigenvalue weighted by molar-refractivity contribution is -0.133. The molecule has 7 atom stereocenters. The van der Waals surface area contributed by atoms with Gasteiger partial charge < -0.3 is 57.7 Å². The Morgan fingerprint density at radius 3 is 1.74 bits per heavy atom. The minimum Gasteiger partial charge on any atom is -0.497 e. The van der Waals surface area contributed by atoms with E-state index in [4.69, 9.17) is 59.0 Å². The predicted octanol–water partition coefficient (Wildman–Crippen LogP) is 15.0. The Kier molecular flexibility index (Phi) is 33.9. The molecule has 0 radical (unpaired) electrons. The van der Waals surface area contributed by atoms with E-state index in [-0.39, 0.29) is 119 Å². The van der Waals surface area contributed by atoms with Crippen molar-refractivity contribution in [3.63, 3.8) is 0 Å². The van der Waals surface area contributed by atoms with Crippen LogP contribution in [0.15, 0.2) is 284 Å². The number of nitrogens with one attached hydrogen (secondary N) is 3. The summed E-state index contributed by atoms with van der Waals surface area (Å²) in [4.78, 5) is 168. The number of aromatic nitrogens is 1. The number of hydrogen-bond acceptors (Lipinski definition) is 22. The highest BCUT2D eigenvalue weighted by Gasteiger charge is 2.59. The molecule has 7 aliphatic heterocycles. The monoisotopic (exact) mass is 2100 g/mol. The Bertz CT molecular complexity index is 6790. The molecule has 6 unspecified atom stereocenters. The number of carbonyl (C=O) groups excluding carboxylic acids is 10. The zero-order valence-corrected chi connectivity index (χ0v) is 88.1. The number of anilines is 1. The summed E-state index contributed by atoms with van der Waals surface area (Å²) in [5, 5.41) is 8.92. The first-order chi connectivity index (χ1) is 71.4. The minimum atomic E-state index is -1.32. The van der Waals surface area contributed by atoms with Gasteiger partial charge in [0.1, 0.15) is 11.3 Å². The van der Waals surface area contributed by atoms with Gasteiger partial charge in [-0.15, -0.1) is 0 Å². The number of hydrogen-bond donors (Lipinski definition) is 7. The van der Waals surface area contributed by atoms with Crippen LogP contribution in [0.3, 0.4) is 0 Å². The van der Waals surface area contributed by atoms with Gasteiger partial charge in [-0.05, 0) is 212 Å². The summed E-state index contributed by atoms with van der Waals surface area (Å²) < 4.78 is 11.3. The first-order valence-corrected chi connectivity index (χ1v) is 51.3. The first kappa shape index (κ1) is 108. The second-order valence-corrected chi connectivity index (χ2v) is 40.7. The molecular formula is C114H129BrClN21O12. The summed E-state index contributed by atoms with van der Waals surface area (Å²) in [5.41, 5.74) is 31.2.